The average molecular weight is 229 g/mol. The Morgan fingerprint density at radius 3 is 2.82 bits per heavy atom. The van der Waals surface area contributed by atoms with Crippen LogP contribution in [0.4, 0.5) is 0 Å². The third-order valence-corrected chi connectivity index (χ3v) is 2.19. The van der Waals surface area contributed by atoms with Crippen LogP contribution in [0.25, 0.3) is 0 Å². The Hall–Kier alpha value is -2.50. The second-order valence-electron chi connectivity index (χ2n) is 3.29. The lowest BCUT2D eigenvalue weighted by atomic mass is 10.1. The number of tetrazole rings is 1. The van der Waals surface area contributed by atoms with E-state index in [0.29, 0.717) is 18.1 Å². The van der Waals surface area contributed by atoms with Crippen LogP contribution in [0, 0.1) is 0 Å². The largest absolute Gasteiger partial charge is 0.410 e. The number of hydrogen-bond donors (Lipinski definition) is 1. The highest BCUT2D eigenvalue weighted by molar-refractivity contribution is 6.10. The summed E-state index contributed by atoms with van der Waals surface area (Å²) in [6.07, 6.45) is 1.67. The molecule has 1 aromatic carbocycles. The zero-order chi connectivity index (χ0) is 12.1. The van der Waals surface area contributed by atoms with Gasteiger partial charge < -0.3 is 5.21 Å². The highest BCUT2D eigenvalue weighted by Crippen LogP contribution is 2.07. The van der Waals surface area contributed by atoms with Crippen LogP contribution in [0.3, 0.4) is 0 Å². The number of benzene rings is 1. The van der Waals surface area contributed by atoms with Crippen LogP contribution in [-0.2, 0) is 6.54 Å². The van der Waals surface area contributed by atoms with Crippen molar-refractivity contribution in [2.75, 3.05) is 0 Å². The van der Waals surface area contributed by atoms with E-state index in [1.165, 1.54) is 4.68 Å². The fraction of sp³-hybridized carbons (Fsp3) is 0.0909. The molecule has 17 heavy (non-hydrogen) atoms. The first-order valence-electron chi connectivity index (χ1n) is 5.01. The minimum atomic E-state index is 0.331. The van der Waals surface area contributed by atoms with E-state index in [1.807, 2.05) is 30.3 Å². The minimum absolute atomic E-state index is 0.331. The van der Waals surface area contributed by atoms with Crippen LogP contribution in [0.5, 0.6) is 0 Å². The number of nitrogens with zero attached hydrogens (tertiary/aromatic N) is 5. The maximum Gasteiger partial charge on any atom is 0.205 e. The lowest BCUT2D eigenvalue weighted by molar-refractivity contribution is 0.319. The second kappa shape index (κ2) is 5.02. The normalized spacial score (nSPS) is 11.4. The summed E-state index contributed by atoms with van der Waals surface area (Å²) in [6, 6.07) is 9.22. The molecule has 0 aliphatic heterocycles. The highest BCUT2D eigenvalue weighted by Gasteiger charge is 2.15. The predicted octanol–water partition coefficient (Wildman–Crippen LogP) is 1.09. The first-order chi connectivity index (χ1) is 8.36. The van der Waals surface area contributed by atoms with Crippen molar-refractivity contribution in [3.63, 3.8) is 0 Å². The summed E-state index contributed by atoms with van der Waals surface area (Å²) in [5.74, 6) is 0.401. The summed E-state index contributed by atoms with van der Waals surface area (Å²) in [5, 5.41) is 23.6. The first kappa shape index (κ1) is 11.0. The van der Waals surface area contributed by atoms with Gasteiger partial charge in [0.1, 0.15) is 0 Å². The van der Waals surface area contributed by atoms with Crippen molar-refractivity contribution in [1.29, 1.82) is 0 Å². The Bertz CT molecular complexity index is 532. The lowest BCUT2D eigenvalue weighted by Crippen LogP contribution is -2.13. The summed E-state index contributed by atoms with van der Waals surface area (Å²) in [7, 11) is 0. The molecule has 1 heterocycles. The number of aromatic nitrogens is 4. The molecule has 0 bridgehead atoms. The Kier molecular flexibility index (Phi) is 3.25. The minimum Gasteiger partial charge on any atom is -0.410 e. The zero-order valence-corrected chi connectivity index (χ0v) is 9.06. The summed E-state index contributed by atoms with van der Waals surface area (Å²) >= 11 is 0. The van der Waals surface area contributed by atoms with Crippen molar-refractivity contribution in [3.8, 4) is 0 Å². The molecule has 0 fully saturated rings. The van der Waals surface area contributed by atoms with Gasteiger partial charge in [0, 0.05) is 5.56 Å². The van der Waals surface area contributed by atoms with E-state index in [4.69, 9.17) is 5.21 Å². The quantitative estimate of drug-likeness (QED) is 0.368. The number of allylic oxidation sites excluding steroid dienone is 1. The molecule has 1 aromatic heterocycles. The van der Waals surface area contributed by atoms with E-state index in [0.717, 1.165) is 5.56 Å². The predicted molar refractivity (Wildman–Crippen MR) is 61.9 cm³/mol. The Morgan fingerprint density at radius 1 is 1.41 bits per heavy atom. The summed E-state index contributed by atoms with van der Waals surface area (Å²) in [6.45, 7) is 4.07. The van der Waals surface area contributed by atoms with Crippen molar-refractivity contribution < 1.29 is 5.21 Å². The molecule has 6 nitrogen and oxygen atoms in total. The van der Waals surface area contributed by atoms with E-state index in [2.05, 4.69) is 27.3 Å². The lowest BCUT2D eigenvalue weighted by Gasteiger charge is -2.03. The van der Waals surface area contributed by atoms with Crippen LogP contribution >= 0.6 is 0 Å². The fourth-order valence-corrected chi connectivity index (χ4v) is 1.45. The van der Waals surface area contributed by atoms with Gasteiger partial charge in [-0.2, -0.15) is 0 Å². The van der Waals surface area contributed by atoms with Crippen LogP contribution in [-0.4, -0.2) is 31.1 Å². The first-order valence-corrected chi connectivity index (χ1v) is 5.01. The molecular formula is C11H11N5O. The van der Waals surface area contributed by atoms with Gasteiger partial charge in [0.2, 0.25) is 5.82 Å². The molecule has 0 amide bonds. The third kappa shape index (κ3) is 2.20. The summed E-state index contributed by atoms with van der Waals surface area (Å²) in [4.78, 5) is 0. The van der Waals surface area contributed by atoms with Crippen molar-refractivity contribution in [2.45, 2.75) is 6.54 Å². The standard InChI is InChI=1S/C11H11N5O/c1-2-8-16-11(12-14-15-16)10(13-17)9-6-4-3-5-7-9/h2-7,17H,1,8H2. The van der Waals surface area contributed by atoms with Crippen molar-refractivity contribution in [1.82, 2.24) is 20.2 Å². The molecular weight excluding hydrogens is 218 g/mol. The highest BCUT2D eigenvalue weighted by atomic mass is 16.4. The molecule has 0 saturated heterocycles. The smallest absolute Gasteiger partial charge is 0.205 e. The molecule has 0 unspecified atom stereocenters. The van der Waals surface area contributed by atoms with Crippen molar-refractivity contribution in [3.05, 3.63) is 54.4 Å². The van der Waals surface area contributed by atoms with E-state index in [-0.39, 0.29) is 0 Å². The molecule has 0 radical (unpaired) electrons. The summed E-state index contributed by atoms with van der Waals surface area (Å²) in [5.41, 5.74) is 1.08. The molecule has 1 N–H and O–H groups in total. The number of hydrogen-bond acceptors (Lipinski definition) is 5. The molecule has 0 saturated carbocycles. The van der Waals surface area contributed by atoms with Gasteiger partial charge in [-0.3, -0.25) is 0 Å². The van der Waals surface area contributed by atoms with E-state index >= 15 is 0 Å². The average Bonchev–Trinajstić information content (AvgIpc) is 2.81. The van der Waals surface area contributed by atoms with Gasteiger partial charge in [-0.15, -0.1) is 11.7 Å². The van der Waals surface area contributed by atoms with E-state index in [1.54, 1.807) is 6.08 Å². The summed E-state index contributed by atoms with van der Waals surface area (Å²) < 4.78 is 1.51. The zero-order valence-electron chi connectivity index (χ0n) is 9.06. The Labute approximate surface area is 97.9 Å². The fourth-order valence-electron chi connectivity index (χ4n) is 1.45. The molecule has 0 aliphatic carbocycles. The van der Waals surface area contributed by atoms with Crippen LogP contribution in [0.1, 0.15) is 11.4 Å². The molecule has 2 rings (SSSR count). The molecule has 6 heteroatoms. The second-order valence-corrected chi connectivity index (χ2v) is 3.29. The van der Waals surface area contributed by atoms with E-state index in [9.17, 15) is 0 Å². The van der Waals surface area contributed by atoms with Crippen LogP contribution in [0.2, 0.25) is 0 Å². The van der Waals surface area contributed by atoms with Gasteiger partial charge in [-0.05, 0) is 10.4 Å². The van der Waals surface area contributed by atoms with Gasteiger partial charge in [-0.1, -0.05) is 41.6 Å². The van der Waals surface area contributed by atoms with Crippen LogP contribution < -0.4 is 0 Å². The van der Waals surface area contributed by atoms with Gasteiger partial charge >= 0.3 is 0 Å². The van der Waals surface area contributed by atoms with Gasteiger partial charge in [-0.25, -0.2) is 4.68 Å². The van der Waals surface area contributed by atoms with Gasteiger partial charge in [0.05, 0.1) is 6.54 Å². The van der Waals surface area contributed by atoms with Crippen LogP contribution in [0.15, 0.2) is 48.1 Å². The molecule has 86 valence electrons. The molecule has 2 aromatic rings. The SMILES string of the molecule is C=CCn1nnnc1C(=NO)c1ccccc1. The Balaban J connectivity index is 2.43. The Morgan fingerprint density at radius 2 is 2.18 bits per heavy atom. The van der Waals surface area contributed by atoms with Crippen molar-refractivity contribution >= 4 is 5.71 Å². The maximum absolute atomic E-state index is 9.10. The van der Waals surface area contributed by atoms with Gasteiger partial charge in [0.15, 0.2) is 5.71 Å². The molecule has 0 atom stereocenters. The number of oxime groups is 1. The third-order valence-electron chi connectivity index (χ3n) is 2.19. The van der Waals surface area contributed by atoms with Gasteiger partial charge in [0.25, 0.3) is 0 Å². The monoisotopic (exact) mass is 229 g/mol. The van der Waals surface area contributed by atoms with E-state index < -0.39 is 0 Å². The molecule has 0 spiro atoms. The van der Waals surface area contributed by atoms with Crippen molar-refractivity contribution in [2.24, 2.45) is 5.16 Å². The number of rotatable bonds is 4. The molecule has 0 aliphatic rings. The maximum atomic E-state index is 9.10. The topological polar surface area (TPSA) is 76.2 Å².